The smallest absolute Gasteiger partial charge is 0.127 e. The number of benzene rings is 1. The molecule has 3 nitrogen and oxygen atoms in total. The molecule has 0 aliphatic carbocycles. The molecule has 1 heterocycles. The molecule has 1 aliphatic rings. The maximum atomic E-state index is 13.0. The second kappa shape index (κ2) is 5.47. The van der Waals surface area contributed by atoms with Gasteiger partial charge < -0.3 is 15.3 Å². The van der Waals surface area contributed by atoms with Crippen molar-refractivity contribution in [3.8, 4) is 5.75 Å². The molecular formula is C13H19FN2O. The Hall–Kier alpha value is -1.13. The van der Waals surface area contributed by atoms with Crippen LogP contribution >= 0.6 is 0 Å². The number of hydrogen-bond donors (Lipinski definition) is 2. The van der Waals surface area contributed by atoms with Gasteiger partial charge in [0.05, 0.1) is 0 Å². The molecule has 0 amide bonds. The molecule has 1 saturated heterocycles. The third-order valence-electron chi connectivity index (χ3n) is 3.19. The van der Waals surface area contributed by atoms with Crippen LogP contribution in [0.25, 0.3) is 0 Å². The zero-order chi connectivity index (χ0) is 12.3. The van der Waals surface area contributed by atoms with Gasteiger partial charge in [-0.05, 0) is 50.2 Å². The monoisotopic (exact) mass is 238 g/mol. The molecule has 1 aromatic carbocycles. The summed E-state index contributed by atoms with van der Waals surface area (Å²) in [5, 5.41) is 12.6. The Kier molecular flexibility index (Phi) is 3.97. The van der Waals surface area contributed by atoms with Crippen LogP contribution in [0.15, 0.2) is 18.2 Å². The third-order valence-corrected chi connectivity index (χ3v) is 3.19. The Morgan fingerprint density at radius 1 is 1.47 bits per heavy atom. The van der Waals surface area contributed by atoms with Crippen LogP contribution in [-0.2, 0) is 6.54 Å². The van der Waals surface area contributed by atoms with Crippen molar-refractivity contribution in [2.45, 2.75) is 13.0 Å². The second-order valence-corrected chi connectivity index (χ2v) is 4.87. The van der Waals surface area contributed by atoms with Gasteiger partial charge in [-0.1, -0.05) is 0 Å². The van der Waals surface area contributed by atoms with E-state index in [1.165, 1.54) is 12.5 Å². The molecule has 1 atom stereocenters. The normalized spacial score (nSPS) is 20.9. The molecule has 2 N–H and O–H groups in total. The van der Waals surface area contributed by atoms with Gasteiger partial charge in [-0.3, -0.25) is 0 Å². The zero-order valence-corrected chi connectivity index (χ0v) is 10.1. The van der Waals surface area contributed by atoms with Crippen molar-refractivity contribution in [3.63, 3.8) is 0 Å². The number of aromatic hydroxyl groups is 1. The quantitative estimate of drug-likeness (QED) is 0.836. The summed E-state index contributed by atoms with van der Waals surface area (Å²) in [7, 11) is 2.13. The fraction of sp³-hybridized carbons (Fsp3) is 0.538. The van der Waals surface area contributed by atoms with E-state index >= 15 is 0 Å². The number of phenolic OH excluding ortho intramolecular Hbond substituents is 1. The molecule has 0 radical (unpaired) electrons. The van der Waals surface area contributed by atoms with Gasteiger partial charge in [0.1, 0.15) is 11.6 Å². The summed E-state index contributed by atoms with van der Waals surface area (Å²) >= 11 is 0. The van der Waals surface area contributed by atoms with Crippen molar-refractivity contribution < 1.29 is 9.50 Å². The van der Waals surface area contributed by atoms with E-state index in [9.17, 15) is 9.50 Å². The molecule has 4 heteroatoms. The van der Waals surface area contributed by atoms with Crippen LogP contribution in [0, 0.1) is 11.7 Å². The molecule has 0 saturated carbocycles. The maximum absolute atomic E-state index is 13.0. The Balaban J connectivity index is 1.78. The lowest BCUT2D eigenvalue weighted by Gasteiger charge is -2.11. The highest BCUT2D eigenvalue weighted by atomic mass is 19.1. The second-order valence-electron chi connectivity index (χ2n) is 4.87. The van der Waals surface area contributed by atoms with Gasteiger partial charge in [-0.2, -0.15) is 0 Å². The minimum Gasteiger partial charge on any atom is -0.508 e. The molecule has 0 aromatic heterocycles. The summed E-state index contributed by atoms with van der Waals surface area (Å²) in [6, 6.07) is 4.17. The van der Waals surface area contributed by atoms with Crippen molar-refractivity contribution in [3.05, 3.63) is 29.6 Å². The van der Waals surface area contributed by atoms with Crippen molar-refractivity contribution in [2.24, 2.45) is 5.92 Å². The molecule has 17 heavy (non-hydrogen) atoms. The molecule has 94 valence electrons. The molecular weight excluding hydrogens is 219 g/mol. The Morgan fingerprint density at radius 2 is 2.29 bits per heavy atom. The number of nitrogens with one attached hydrogen (secondary N) is 1. The molecule has 1 aliphatic heterocycles. The zero-order valence-electron chi connectivity index (χ0n) is 10.1. The number of phenols is 1. The SMILES string of the molecule is CN1CCC(CNCc2cc(O)cc(F)c2)C1. The summed E-state index contributed by atoms with van der Waals surface area (Å²) in [6.45, 7) is 3.83. The number of rotatable bonds is 4. The molecule has 1 fully saturated rings. The first-order chi connectivity index (χ1) is 8.13. The lowest BCUT2D eigenvalue weighted by atomic mass is 10.1. The molecule has 1 unspecified atom stereocenters. The first-order valence-corrected chi connectivity index (χ1v) is 6.01. The maximum Gasteiger partial charge on any atom is 0.127 e. The van der Waals surface area contributed by atoms with E-state index in [2.05, 4.69) is 17.3 Å². The first kappa shape index (κ1) is 12.3. The highest BCUT2D eigenvalue weighted by Gasteiger charge is 2.18. The summed E-state index contributed by atoms with van der Waals surface area (Å²) in [5.41, 5.74) is 0.786. The van der Waals surface area contributed by atoms with Gasteiger partial charge in [-0.15, -0.1) is 0 Å². The molecule has 2 rings (SSSR count). The minimum atomic E-state index is -0.387. The van der Waals surface area contributed by atoms with Crippen LogP contribution in [0.3, 0.4) is 0 Å². The Bertz CT molecular complexity index is 363. The average molecular weight is 238 g/mol. The van der Waals surface area contributed by atoms with E-state index in [4.69, 9.17) is 0 Å². The van der Waals surface area contributed by atoms with Crippen LogP contribution in [0.5, 0.6) is 5.75 Å². The topological polar surface area (TPSA) is 35.5 Å². The van der Waals surface area contributed by atoms with Crippen molar-refractivity contribution >= 4 is 0 Å². The first-order valence-electron chi connectivity index (χ1n) is 6.01. The van der Waals surface area contributed by atoms with Gasteiger partial charge >= 0.3 is 0 Å². The number of hydrogen-bond acceptors (Lipinski definition) is 3. The van der Waals surface area contributed by atoms with E-state index in [1.54, 1.807) is 6.07 Å². The van der Waals surface area contributed by atoms with Gasteiger partial charge in [-0.25, -0.2) is 4.39 Å². The van der Waals surface area contributed by atoms with Gasteiger partial charge in [0.2, 0.25) is 0 Å². The van der Waals surface area contributed by atoms with Crippen LogP contribution in [-0.4, -0.2) is 36.7 Å². The van der Waals surface area contributed by atoms with Crippen LogP contribution in [0.1, 0.15) is 12.0 Å². The van der Waals surface area contributed by atoms with Gasteiger partial charge in [0.15, 0.2) is 0 Å². The Morgan fingerprint density at radius 3 is 2.94 bits per heavy atom. The Labute approximate surface area is 101 Å². The van der Waals surface area contributed by atoms with Crippen molar-refractivity contribution in [1.82, 2.24) is 10.2 Å². The van der Waals surface area contributed by atoms with E-state index in [0.717, 1.165) is 31.3 Å². The summed E-state index contributed by atoms with van der Waals surface area (Å²) in [5.74, 6) is 0.284. The average Bonchev–Trinajstić information content (AvgIpc) is 2.63. The summed E-state index contributed by atoms with van der Waals surface area (Å²) in [4.78, 5) is 2.32. The van der Waals surface area contributed by atoms with E-state index in [1.807, 2.05) is 0 Å². The van der Waals surface area contributed by atoms with Crippen molar-refractivity contribution in [2.75, 3.05) is 26.7 Å². The van der Waals surface area contributed by atoms with E-state index in [-0.39, 0.29) is 11.6 Å². The number of nitrogens with zero attached hydrogens (tertiary/aromatic N) is 1. The molecule has 0 spiro atoms. The number of likely N-dealkylation sites (tertiary alicyclic amines) is 1. The van der Waals surface area contributed by atoms with Crippen LogP contribution in [0.4, 0.5) is 4.39 Å². The summed E-state index contributed by atoms with van der Waals surface area (Å²) in [6.07, 6.45) is 1.22. The van der Waals surface area contributed by atoms with Crippen LogP contribution < -0.4 is 5.32 Å². The van der Waals surface area contributed by atoms with Crippen molar-refractivity contribution in [1.29, 1.82) is 0 Å². The van der Waals surface area contributed by atoms with Gasteiger partial charge in [0, 0.05) is 19.2 Å². The fourth-order valence-corrected chi connectivity index (χ4v) is 2.35. The summed E-state index contributed by atoms with van der Waals surface area (Å²) < 4.78 is 13.0. The molecule has 0 bridgehead atoms. The highest BCUT2D eigenvalue weighted by Crippen LogP contribution is 2.15. The van der Waals surface area contributed by atoms with Gasteiger partial charge in [0.25, 0.3) is 0 Å². The lowest BCUT2D eigenvalue weighted by Crippen LogP contribution is -2.24. The number of halogens is 1. The minimum absolute atomic E-state index is 0.0117. The van der Waals surface area contributed by atoms with Crippen LogP contribution in [0.2, 0.25) is 0 Å². The predicted molar refractivity (Wildman–Crippen MR) is 65.4 cm³/mol. The lowest BCUT2D eigenvalue weighted by molar-refractivity contribution is 0.388. The fourth-order valence-electron chi connectivity index (χ4n) is 2.35. The third kappa shape index (κ3) is 3.68. The van der Waals surface area contributed by atoms with E-state index in [0.29, 0.717) is 12.5 Å². The molecule has 1 aromatic rings. The van der Waals surface area contributed by atoms with E-state index < -0.39 is 0 Å². The predicted octanol–water partition coefficient (Wildman–Crippen LogP) is 1.57. The largest absolute Gasteiger partial charge is 0.508 e. The standard InChI is InChI=1S/C13H19FN2O/c1-16-3-2-10(9-16)7-15-8-11-4-12(14)6-13(17)5-11/h4-6,10,15,17H,2-3,7-9H2,1H3. The highest BCUT2D eigenvalue weighted by molar-refractivity contribution is 5.28.